The monoisotopic (exact) mass is 537 g/mol. The molecule has 2 aliphatic rings. The highest BCUT2D eigenvalue weighted by Crippen LogP contribution is 2.31. The number of ether oxygens (including phenoxy) is 1. The molecule has 3 N–H and O–H groups in total. The number of nitrogens with one attached hydrogen (secondary N) is 3. The van der Waals surface area contributed by atoms with Crippen LogP contribution in [0.2, 0.25) is 0 Å². The Morgan fingerprint density at radius 1 is 1.23 bits per heavy atom. The minimum atomic E-state index is -2.85. The SMILES string of the molecule is CN=C(NCCCC(=O)NC1CC1)NC1CCN(c2ccccc2OC(F)F)C1.I. The average molecular weight is 537 g/mol. The van der Waals surface area contributed by atoms with Crippen LogP contribution in [0.5, 0.6) is 5.75 Å². The number of carbonyl (C=O) groups is 1. The molecule has 0 spiro atoms. The summed E-state index contributed by atoms with van der Waals surface area (Å²) in [7, 11) is 1.70. The molecule has 1 heterocycles. The third-order valence-electron chi connectivity index (χ3n) is 4.99. The lowest BCUT2D eigenvalue weighted by Gasteiger charge is -2.22. The topological polar surface area (TPSA) is 78.0 Å². The van der Waals surface area contributed by atoms with E-state index in [0.717, 1.165) is 32.2 Å². The van der Waals surface area contributed by atoms with Gasteiger partial charge in [-0.05, 0) is 37.8 Å². The van der Waals surface area contributed by atoms with Crippen LogP contribution in [0.25, 0.3) is 0 Å². The van der Waals surface area contributed by atoms with E-state index in [9.17, 15) is 13.6 Å². The van der Waals surface area contributed by atoms with Crippen LogP contribution in [0.15, 0.2) is 29.3 Å². The van der Waals surface area contributed by atoms with Crippen LogP contribution in [-0.2, 0) is 4.79 Å². The van der Waals surface area contributed by atoms with Crippen molar-refractivity contribution in [3.8, 4) is 5.75 Å². The van der Waals surface area contributed by atoms with Gasteiger partial charge in [0.05, 0.1) is 5.69 Å². The Morgan fingerprint density at radius 3 is 2.70 bits per heavy atom. The van der Waals surface area contributed by atoms with Crippen molar-refractivity contribution >= 4 is 41.5 Å². The largest absolute Gasteiger partial charge is 0.433 e. The van der Waals surface area contributed by atoms with Crippen LogP contribution >= 0.6 is 24.0 Å². The maximum Gasteiger partial charge on any atom is 0.387 e. The molecule has 1 atom stereocenters. The van der Waals surface area contributed by atoms with Crippen LogP contribution in [0.3, 0.4) is 0 Å². The van der Waals surface area contributed by atoms with Gasteiger partial charge in [0, 0.05) is 45.2 Å². The van der Waals surface area contributed by atoms with Crippen molar-refractivity contribution in [3.63, 3.8) is 0 Å². The van der Waals surface area contributed by atoms with Crippen molar-refractivity contribution in [1.82, 2.24) is 16.0 Å². The number of para-hydroxylation sites is 2. The second-order valence-electron chi connectivity index (χ2n) is 7.37. The van der Waals surface area contributed by atoms with E-state index in [-0.39, 0.29) is 41.7 Å². The smallest absolute Gasteiger partial charge is 0.387 e. The Labute approximate surface area is 193 Å². The van der Waals surface area contributed by atoms with E-state index in [0.29, 0.717) is 37.2 Å². The van der Waals surface area contributed by atoms with E-state index in [4.69, 9.17) is 0 Å². The lowest BCUT2D eigenvalue weighted by atomic mass is 10.2. The molecule has 30 heavy (non-hydrogen) atoms. The Bertz CT molecular complexity index is 718. The highest BCUT2D eigenvalue weighted by atomic mass is 127. The van der Waals surface area contributed by atoms with Gasteiger partial charge in [0.15, 0.2) is 5.96 Å². The maximum absolute atomic E-state index is 12.6. The molecule has 1 aromatic rings. The average Bonchev–Trinajstić information content (AvgIpc) is 3.38. The van der Waals surface area contributed by atoms with Crippen LogP contribution < -0.4 is 25.6 Å². The summed E-state index contributed by atoms with van der Waals surface area (Å²) in [6, 6.07) is 7.38. The van der Waals surface area contributed by atoms with Gasteiger partial charge in [-0.15, -0.1) is 24.0 Å². The summed E-state index contributed by atoms with van der Waals surface area (Å²) in [6.07, 6.45) is 4.27. The second-order valence-corrected chi connectivity index (χ2v) is 7.37. The fraction of sp³-hybridized carbons (Fsp3) is 0.600. The molecule has 10 heteroatoms. The molecule has 1 aromatic carbocycles. The number of benzene rings is 1. The third-order valence-corrected chi connectivity index (χ3v) is 4.99. The van der Waals surface area contributed by atoms with E-state index in [2.05, 4.69) is 25.7 Å². The lowest BCUT2D eigenvalue weighted by molar-refractivity contribution is -0.121. The predicted molar refractivity (Wildman–Crippen MR) is 124 cm³/mol. The van der Waals surface area contributed by atoms with Crippen molar-refractivity contribution < 1.29 is 18.3 Å². The lowest BCUT2D eigenvalue weighted by Crippen LogP contribution is -2.45. The van der Waals surface area contributed by atoms with Crippen molar-refractivity contribution in [1.29, 1.82) is 0 Å². The van der Waals surface area contributed by atoms with E-state index >= 15 is 0 Å². The highest BCUT2D eigenvalue weighted by Gasteiger charge is 2.26. The van der Waals surface area contributed by atoms with Gasteiger partial charge in [0.2, 0.25) is 5.91 Å². The molecule has 1 aliphatic carbocycles. The summed E-state index contributed by atoms with van der Waals surface area (Å²) in [5.74, 6) is 0.972. The van der Waals surface area contributed by atoms with Crippen molar-refractivity contribution in [2.24, 2.45) is 4.99 Å². The molecular formula is C20H30F2IN5O2. The zero-order chi connectivity index (χ0) is 20.6. The summed E-state index contributed by atoms with van der Waals surface area (Å²) >= 11 is 0. The van der Waals surface area contributed by atoms with E-state index in [1.807, 2.05) is 11.0 Å². The molecule has 2 fully saturated rings. The number of carbonyl (C=O) groups excluding carboxylic acids is 1. The van der Waals surface area contributed by atoms with Gasteiger partial charge < -0.3 is 25.6 Å². The van der Waals surface area contributed by atoms with Crippen LogP contribution in [0, 0.1) is 0 Å². The predicted octanol–water partition coefficient (Wildman–Crippen LogP) is 2.71. The minimum Gasteiger partial charge on any atom is -0.433 e. The van der Waals surface area contributed by atoms with E-state index in [1.54, 1.807) is 25.2 Å². The van der Waals surface area contributed by atoms with Gasteiger partial charge in [0.25, 0.3) is 0 Å². The first-order chi connectivity index (χ1) is 14.0. The van der Waals surface area contributed by atoms with Gasteiger partial charge in [-0.25, -0.2) is 0 Å². The summed E-state index contributed by atoms with van der Waals surface area (Å²) < 4.78 is 29.9. The Balaban J connectivity index is 0.00000320. The number of aliphatic imine (C=N–C) groups is 1. The Hall–Kier alpha value is -1.85. The molecule has 1 saturated carbocycles. The normalized spacial score (nSPS) is 18.7. The Kier molecular flexibility index (Phi) is 9.86. The summed E-state index contributed by atoms with van der Waals surface area (Å²) in [6.45, 7) is -0.797. The van der Waals surface area contributed by atoms with Gasteiger partial charge in [-0.3, -0.25) is 9.79 Å². The number of hydrogen-bond donors (Lipinski definition) is 3. The maximum atomic E-state index is 12.6. The number of anilines is 1. The number of hydrogen-bond acceptors (Lipinski definition) is 4. The quantitative estimate of drug-likeness (QED) is 0.196. The van der Waals surface area contributed by atoms with Gasteiger partial charge in [-0.2, -0.15) is 8.78 Å². The Morgan fingerprint density at radius 2 is 2.00 bits per heavy atom. The zero-order valence-electron chi connectivity index (χ0n) is 17.1. The van der Waals surface area contributed by atoms with Crippen molar-refractivity contribution in [2.75, 3.05) is 31.6 Å². The molecule has 3 rings (SSSR count). The molecule has 1 saturated heterocycles. The molecule has 7 nitrogen and oxygen atoms in total. The fourth-order valence-corrected chi connectivity index (χ4v) is 3.38. The number of amides is 1. The minimum absolute atomic E-state index is 0. The van der Waals surface area contributed by atoms with Crippen molar-refractivity contribution in [3.05, 3.63) is 24.3 Å². The van der Waals surface area contributed by atoms with Gasteiger partial charge >= 0.3 is 6.61 Å². The molecule has 0 bridgehead atoms. The van der Waals surface area contributed by atoms with Crippen LogP contribution in [-0.4, -0.2) is 57.2 Å². The van der Waals surface area contributed by atoms with Crippen LogP contribution in [0.4, 0.5) is 14.5 Å². The number of halogens is 3. The van der Waals surface area contributed by atoms with Gasteiger partial charge in [0.1, 0.15) is 5.75 Å². The van der Waals surface area contributed by atoms with E-state index < -0.39 is 6.61 Å². The second kappa shape index (κ2) is 12.1. The summed E-state index contributed by atoms with van der Waals surface area (Å²) in [4.78, 5) is 18.0. The molecule has 1 unspecified atom stereocenters. The van der Waals surface area contributed by atoms with Gasteiger partial charge in [-0.1, -0.05) is 12.1 Å². The fourth-order valence-electron chi connectivity index (χ4n) is 3.38. The molecule has 0 radical (unpaired) electrons. The molecule has 1 amide bonds. The third kappa shape index (κ3) is 7.77. The molecule has 0 aromatic heterocycles. The van der Waals surface area contributed by atoms with Crippen LogP contribution in [0.1, 0.15) is 32.1 Å². The molecular weight excluding hydrogens is 507 g/mol. The number of alkyl halides is 2. The molecule has 1 aliphatic heterocycles. The molecule has 168 valence electrons. The van der Waals surface area contributed by atoms with Crippen molar-refractivity contribution in [2.45, 2.75) is 50.8 Å². The summed E-state index contributed by atoms with van der Waals surface area (Å²) in [5, 5.41) is 9.57. The first-order valence-corrected chi connectivity index (χ1v) is 10.1. The zero-order valence-corrected chi connectivity index (χ0v) is 19.4. The van der Waals surface area contributed by atoms with E-state index in [1.165, 1.54) is 0 Å². The number of nitrogens with zero attached hydrogens (tertiary/aromatic N) is 2. The number of rotatable bonds is 9. The number of guanidine groups is 1. The first kappa shape index (κ1) is 24.4. The summed E-state index contributed by atoms with van der Waals surface area (Å²) in [5.41, 5.74) is 0.668. The standard InChI is InChI=1S/C20H29F2N5O2.HI/c1-23-20(24-11-4-7-18(28)25-14-8-9-14)26-15-10-12-27(13-15)16-5-2-3-6-17(16)29-19(21)22;/h2-3,5-6,14-15,19H,4,7-13H2,1H3,(H,25,28)(H2,23,24,26);1H. The first-order valence-electron chi connectivity index (χ1n) is 10.1. The highest BCUT2D eigenvalue weighted by molar-refractivity contribution is 14.0.